The first-order valence-electron chi connectivity index (χ1n) is 11.9. The lowest BCUT2D eigenvalue weighted by Crippen LogP contribution is -2.32. The van der Waals surface area contributed by atoms with Crippen LogP contribution in [-0.4, -0.2) is 48.3 Å². The third-order valence-corrected chi connectivity index (χ3v) is 7.01. The fourth-order valence-corrected chi connectivity index (χ4v) is 5.43. The van der Waals surface area contributed by atoms with Gasteiger partial charge in [0.2, 0.25) is 0 Å². The molecule has 1 atom stereocenters. The highest BCUT2D eigenvalue weighted by Crippen LogP contribution is 2.34. The molecule has 2 heterocycles. The minimum Gasteiger partial charge on any atom is -0.493 e. The Hall–Kier alpha value is -3.66. The quantitative estimate of drug-likeness (QED) is 0.315. The van der Waals surface area contributed by atoms with E-state index < -0.39 is 27.4 Å². The predicted octanol–water partition coefficient (Wildman–Crippen LogP) is 4.63. The average Bonchev–Trinajstić information content (AvgIpc) is 3.13. The number of halogens is 1. The molecule has 0 saturated heterocycles. The van der Waals surface area contributed by atoms with Gasteiger partial charge >= 0.3 is 5.69 Å². The molecule has 0 saturated carbocycles. The molecule has 0 amide bonds. The molecule has 0 radical (unpaired) electrons. The van der Waals surface area contributed by atoms with Gasteiger partial charge in [0.15, 0.2) is 17.1 Å². The van der Waals surface area contributed by atoms with Crippen LogP contribution in [0.2, 0.25) is 0 Å². The molecule has 8 nitrogen and oxygen atoms in total. The number of hydrogen-bond donors (Lipinski definition) is 0. The van der Waals surface area contributed by atoms with E-state index in [0.29, 0.717) is 46.0 Å². The summed E-state index contributed by atoms with van der Waals surface area (Å²) in [6, 6.07) is 12.0. The van der Waals surface area contributed by atoms with Gasteiger partial charge in [-0.15, -0.1) is 0 Å². The first-order chi connectivity index (χ1) is 17.6. The van der Waals surface area contributed by atoms with Crippen molar-refractivity contribution in [3.8, 4) is 22.6 Å². The van der Waals surface area contributed by atoms with Crippen LogP contribution in [0.3, 0.4) is 0 Å². The maximum absolute atomic E-state index is 14.5. The number of pyridine rings is 1. The van der Waals surface area contributed by atoms with E-state index in [4.69, 9.17) is 9.47 Å². The van der Waals surface area contributed by atoms with Crippen LogP contribution in [0.25, 0.3) is 22.3 Å². The van der Waals surface area contributed by atoms with Gasteiger partial charge in [0.05, 0.1) is 31.0 Å². The summed E-state index contributed by atoms with van der Waals surface area (Å²) in [5.41, 5.74) is 1.81. The van der Waals surface area contributed by atoms with Crippen LogP contribution in [0.1, 0.15) is 38.4 Å². The van der Waals surface area contributed by atoms with Gasteiger partial charge in [0.1, 0.15) is 15.7 Å². The van der Waals surface area contributed by atoms with Crippen molar-refractivity contribution in [3.63, 3.8) is 0 Å². The molecule has 0 aliphatic carbocycles. The number of ether oxygens (including phenoxy) is 2. The molecule has 2 aromatic heterocycles. The molecule has 0 aliphatic heterocycles. The molecule has 4 rings (SSSR count). The lowest BCUT2D eigenvalue weighted by atomic mass is 10.1. The third kappa shape index (κ3) is 5.24. The Labute approximate surface area is 215 Å². The highest BCUT2D eigenvalue weighted by Gasteiger charge is 2.28. The van der Waals surface area contributed by atoms with E-state index in [1.54, 1.807) is 47.0 Å². The van der Waals surface area contributed by atoms with Gasteiger partial charge in [-0.05, 0) is 50.6 Å². The molecule has 0 bridgehead atoms. The summed E-state index contributed by atoms with van der Waals surface area (Å²) in [4.78, 5) is 18.4. The summed E-state index contributed by atoms with van der Waals surface area (Å²) >= 11 is 0. The number of aromatic nitrogens is 3. The zero-order chi connectivity index (χ0) is 26.9. The molecule has 4 aromatic rings. The maximum Gasteiger partial charge on any atom is 0.331 e. The molecule has 1 unspecified atom stereocenters. The van der Waals surface area contributed by atoms with E-state index in [1.165, 1.54) is 23.9 Å². The number of fused-ring (bicyclic) bond motifs is 1. The maximum atomic E-state index is 14.5. The van der Waals surface area contributed by atoms with Crippen LogP contribution in [0.5, 0.6) is 11.5 Å². The summed E-state index contributed by atoms with van der Waals surface area (Å²) in [6.07, 6.45) is 2.63. The van der Waals surface area contributed by atoms with Gasteiger partial charge < -0.3 is 9.47 Å². The summed E-state index contributed by atoms with van der Waals surface area (Å²) in [6.45, 7) is 5.92. The van der Waals surface area contributed by atoms with Crippen molar-refractivity contribution >= 4 is 21.0 Å². The van der Waals surface area contributed by atoms with Gasteiger partial charge in [-0.3, -0.25) is 9.13 Å². The van der Waals surface area contributed by atoms with Crippen LogP contribution >= 0.6 is 0 Å². The smallest absolute Gasteiger partial charge is 0.331 e. The SMILES string of the molecule is CCOc1cc(C(CS(C)(=O)=O)n2c(=O)n(C(C)C)c3cc(-c4ccccc4F)cnc32)ccc1OC. The standard InChI is InChI=1S/C27H30FN3O5S/c1-6-36-25-14-18(11-12-24(25)35-4)23(16-37(5,33)34)31-26-22(30(17(2)3)27(31)32)13-19(15-29-26)20-9-7-8-10-21(20)28/h7-15,17,23H,6,16H2,1-5H3. The van der Waals surface area contributed by atoms with E-state index in [0.717, 1.165) is 6.26 Å². The van der Waals surface area contributed by atoms with Crippen molar-refractivity contribution < 1.29 is 22.3 Å². The number of hydrogen-bond acceptors (Lipinski definition) is 6. The first-order valence-corrected chi connectivity index (χ1v) is 14.0. The topological polar surface area (TPSA) is 92.4 Å². The fourth-order valence-electron chi connectivity index (χ4n) is 4.52. The monoisotopic (exact) mass is 527 g/mol. The summed E-state index contributed by atoms with van der Waals surface area (Å²) in [7, 11) is -2.01. The summed E-state index contributed by atoms with van der Waals surface area (Å²) in [5.74, 6) is 0.196. The Morgan fingerprint density at radius 1 is 1.05 bits per heavy atom. The van der Waals surface area contributed by atoms with Crippen LogP contribution in [0.15, 0.2) is 59.5 Å². The lowest BCUT2D eigenvalue weighted by Gasteiger charge is -2.20. The normalized spacial score (nSPS) is 12.7. The Morgan fingerprint density at radius 3 is 2.41 bits per heavy atom. The van der Waals surface area contributed by atoms with Gasteiger partial charge in [-0.2, -0.15) is 0 Å². The van der Waals surface area contributed by atoms with Crippen LogP contribution in [0.4, 0.5) is 4.39 Å². The van der Waals surface area contributed by atoms with Crippen molar-refractivity contribution in [1.29, 1.82) is 0 Å². The van der Waals surface area contributed by atoms with E-state index in [2.05, 4.69) is 4.98 Å². The highest BCUT2D eigenvalue weighted by atomic mass is 32.2. The number of sulfone groups is 1. The Balaban J connectivity index is 2.00. The molecule has 37 heavy (non-hydrogen) atoms. The Kier molecular flexibility index (Phi) is 7.40. The fraction of sp³-hybridized carbons (Fsp3) is 0.333. The minimum absolute atomic E-state index is 0.261. The van der Waals surface area contributed by atoms with Crippen LogP contribution in [0, 0.1) is 5.82 Å². The Morgan fingerprint density at radius 2 is 1.78 bits per heavy atom. The van der Waals surface area contributed by atoms with Crippen LogP contribution < -0.4 is 15.2 Å². The number of benzene rings is 2. The average molecular weight is 528 g/mol. The zero-order valence-electron chi connectivity index (χ0n) is 21.4. The molecule has 0 spiro atoms. The highest BCUT2D eigenvalue weighted by molar-refractivity contribution is 7.90. The molecule has 0 fully saturated rings. The number of imidazole rings is 1. The van der Waals surface area contributed by atoms with Crippen molar-refractivity contribution in [2.75, 3.05) is 25.7 Å². The van der Waals surface area contributed by atoms with Gasteiger partial charge in [0.25, 0.3) is 0 Å². The number of nitrogens with zero attached hydrogens (tertiary/aromatic N) is 3. The first kappa shape index (κ1) is 26.4. The molecule has 0 aliphatic rings. The van der Waals surface area contributed by atoms with Crippen molar-refractivity contribution in [1.82, 2.24) is 14.1 Å². The molecule has 196 valence electrons. The van der Waals surface area contributed by atoms with E-state index in [9.17, 15) is 17.6 Å². The largest absolute Gasteiger partial charge is 0.493 e. The second kappa shape index (κ2) is 10.4. The van der Waals surface area contributed by atoms with E-state index in [-0.39, 0.29) is 11.8 Å². The second-order valence-electron chi connectivity index (χ2n) is 9.11. The van der Waals surface area contributed by atoms with Gasteiger partial charge in [-0.1, -0.05) is 24.3 Å². The van der Waals surface area contributed by atoms with Crippen molar-refractivity contribution in [3.05, 3.63) is 76.6 Å². The van der Waals surface area contributed by atoms with E-state index in [1.807, 2.05) is 20.8 Å². The van der Waals surface area contributed by atoms with E-state index >= 15 is 0 Å². The molecule has 0 N–H and O–H groups in total. The molecule has 10 heteroatoms. The predicted molar refractivity (Wildman–Crippen MR) is 142 cm³/mol. The molecular formula is C27H30FN3O5S. The third-order valence-electron chi connectivity index (χ3n) is 6.09. The number of rotatable bonds is 9. The van der Waals surface area contributed by atoms with Crippen molar-refractivity contribution in [2.24, 2.45) is 0 Å². The molecular weight excluding hydrogens is 497 g/mol. The zero-order valence-corrected chi connectivity index (χ0v) is 22.3. The lowest BCUT2D eigenvalue weighted by molar-refractivity contribution is 0.310. The summed E-state index contributed by atoms with van der Waals surface area (Å²) in [5, 5.41) is 0. The summed E-state index contributed by atoms with van der Waals surface area (Å²) < 4.78 is 53.7. The minimum atomic E-state index is -3.53. The van der Waals surface area contributed by atoms with Crippen LogP contribution in [-0.2, 0) is 9.84 Å². The Bertz CT molecular complexity index is 1610. The van der Waals surface area contributed by atoms with Crippen molar-refractivity contribution in [2.45, 2.75) is 32.9 Å². The number of methoxy groups -OCH3 is 1. The van der Waals surface area contributed by atoms with Gasteiger partial charge in [0, 0.05) is 29.6 Å². The molecule has 2 aromatic carbocycles. The van der Waals surface area contributed by atoms with Gasteiger partial charge in [-0.25, -0.2) is 22.6 Å². The second-order valence-corrected chi connectivity index (χ2v) is 11.3.